The molecule has 0 aromatic rings. The highest BCUT2D eigenvalue weighted by Gasteiger charge is 2.73. The minimum atomic E-state index is -3.84. The van der Waals surface area contributed by atoms with Gasteiger partial charge in [-0.3, -0.25) is 0 Å². The van der Waals surface area contributed by atoms with E-state index in [1.165, 1.54) is 0 Å². The summed E-state index contributed by atoms with van der Waals surface area (Å²) in [6.45, 7) is 37.3. The molecule has 4 unspecified atom stereocenters. The normalized spacial score (nSPS) is 45.1. The fourth-order valence-corrected chi connectivity index (χ4v) is 47.5. The SMILES string of the molecule is CC(C)(C)O[Si]1(C)O[Si](C)(OC(C)(C)C)O[Si]2(C)O[Si](C)(O1)O[Si]1(C)O[Si](C)(OC(C)(C)C)O[Si](C)(OC(C)(C)C)O[Si](C)(O1)O2. The molecule has 3 heterocycles. The number of rotatable bonds is 4. The average molecular weight is 797 g/mol. The Balaban J connectivity index is 2.25. The van der Waals surface area contributed by atoms with Gasteiger partial charge in [-0.15, -0.1) is 0 Å². The van der Waals surface area contributed by atoms with Crippen molar-refractivity contribution in [1.29, 1.82) is 0 Å². The Morgan fingerprint density at radius 3 is 0.543 bits per heavy atom. The van der Waals surface area contributed by atoms with Gasteiger partial charge in [-0.2, -0.15) is 0 Å². The zero-order chi connectivity index (χ0) is 35.9. The molecule has 3 aliphatic heterocycles. The van der Waals surface area contributed by atoms with Crippen LogP contribution >= 0.6 is 0 Å². The summed E-state index contributed by atoms with van der Waals surface area (Å²) in [5.41, 5.74) is -2.57. The molecule has 0 N–H and O–H groups in total. The average Bonchev–Trinajstić information content (AvgIpc) is 2.52. The van der Waals surface area contributed by atoms with Crippen LogP contribution in [0.1, 0.15) is 83.1 Å². The first-order valence-corrected chi connectivity index (χ1v) is 33.5. The van der Waals surface area contributed by atoms with Crippen LogP contribution in [0.4, 0.5) is 0 Å². The molecule has 4 atom stereocenters. The number of hydrogen-bond acceptors (Lipinski definition) is 14. The summed E-state index contributed by atoms with van der Waals surface area (Å²) in [5, 5.41) is 0. The van der Waals surface area contributed by atoms with Crippen molar-refractivity contribution in [3.05, 3.63) is 0 Å². The molecule has 0 spiro atoms. The lowest BCUT2D eigenvalue weighted by molar-refractivity contribution is -0.0357. The molecule has 0 aromatic heterocycles. The van der Waals surface area contributed by atoms with Crippen LogP contribution in [0.15, 0.2) is 0 Å². The maximum Gasteiger partial charge on any atom is 0.483 e. The first kappa shape index (κ1) is 41.6. The summed E-state index contributed by atoms with van der Waals surface area (Å²) < 4.78 is 94.7. The van der Waals surface area contributed by atoms with E-state index in [0.717, 1.165) is 0 Å². The Bertz CT molecular complexity index is 968. The third-order valence-electron chi connectivity index (χ3n) is 5.67. The first-order valence-electron chi connectivity index (χ1n) is 15.7. The van der Waals surface area contributed by atoms with E-state index in [-0.39, 0.29) is 0 Å². The summed E-state index contributed by atoms with van der Waals surface area (Å²) in [7, 11) is -29.9. The van der Waals surface area contributed by atoms with Gasteiger partial charge >= 0.3 is 70.4 Å². The van der Waals surface area contributed by atoms with E-state index < -0.39 is 92.8 Å². The van der Waals surface area contributed by atoms with Gasteiger partial charge in [0.25, 0.3) is 0 Å². The van der Waals surface area contributed by atoms with Crippen molar-refractivity contribution in [2.75, 3.05) is 0 Å². The maximum atomic E-state index is 6.88. The van der Waals surface area contributed by atoms with Crippen LogP contribution in [0.3, 0.4) is 0 Å². The highest BCUT2D eigenvalue weighted by atomic mass is 28.6. The monoisotopic (exact) mass is 796 g/mol. The van der Waals surface area contributed by atoms with E-state index >= 15 is 0 Å². The predicted octanol–water partition coefficient (Wildman–Crippen LogP) is 6.00. The lowest BCUT2D eigenvalue weighted by Crippen LogP contribution is -2.80. The van der Waals surface area contributed by atoms with E-state index in [1.807, 2.05) is 83.1 Å². The van der Waals surface area contributed by atoms with Crippen LogP contribution in [0, 0.1) is 0 Å². The molecule has 0 radical (unpaired) electrons. The molecular formula is C24H60O14Si8. The summed E-state index contributed by atoms with van der Waals surface area (Å²) in [6.07, 6.45) is 0. The van der Waals surface area contributed by atoms with Gasteiger partial charge in [-0.1, -0.05) is 0 Å². The summed E-state index contributed by atoms with van der Waals surface area (Å²) in [5.74, 6) is 0. The smallest absolute Gasteiger partial charge is 0.374 e. The highest BCUT2D eigenvalue weighted by Crippen LogP contribution is 2.44. The van der Waals surface area contributed by atoms with E-state index in [2.05, 4.69) is 0 Å². The molecule has 3 aliphatic rings. The zero-order valence-corrected chi connectivity index (χ0v) is 39.7. The Kier molecular flexibility index (Phi) is 11.2. The van der Waals surface area contributed by atoms with Crippen LogP contribution in [-0.4, -0.2) is 92.8 Å². The van der Waals surface area contributed by atoms with Gasteiger partial charge in [0.1, 0.15) is 0 Å². The minimum Gasteiger partial charge on any atom is -0.374 e. The van der Waals surface area contributed by atoms with Crippen molar-refractivity contribution in [2.45, 2.75) is 158 Å². The fraction of sp³-hybridized carbons (Fsp3) is 1.00. The lowest BCUT2D eigenvalue weighted by atomic mass is 10.2. The van der Waals surface area contributed by atoms with Crippen LogP contribution in [-0.2, 0) is 58.9 Å². The summed E-state index contributed by atoms with van der Waals surface area (Å²) in [4.78, 5) is 0. The molecule has 14 nitrogen and oxygen atoms in total. The fourth-order valence-electron chi connectivity index (χ4n) is 6.09. The maximum absolute atomic E-state index is 6.88. The second-order valence-corrected chi connectivity index (χ2v) is 39.6. The molecule has 272 valence electrons. The van der Waals surface area contributed by atoms with Gasteiger partial charge in [-0.05, 0) is 83.1 Å². The van der Waals surface area contributed by atoms with Crippen molar-refractivity contribution < 1.29 is 58.9 Å². The van der Waals surface area contributed by atoms with E-state index in [0.29, 0.717) is 0 Å². The Morgan fingerprint density at radius 2 is 0.413 bits per heavy atom. The van der Waals surface area contributed by atoms with Crippen LogP contribution in [0.25, 0.3) is 0 Å². The van der Waals surface area contributed by atoms with Gasteiger partial charge in [0, 0.05) is 52.4 Å². The van der Waals surface area contributed by atoms with Crippen LogP contribution in [0.5, 0.6) is 0 Å². The topological polar surface area (TPSA) is 129 Å². The van der Waals surface area contributed by atoms with Crippen LogP contribution in [0.2, 0.25) is 52.4 Å². The number of fused-ring (bicyclic) bond motifs is 4. The van der Waals surface area contributed by atoms with Crippen molar-refractivity contribution in [3.63, 3.8) is 0 Å². The minimum absolute atomic E-state index is 0.642. The second-order valence-electron chi connectivity index (χ2n) is 16.8. The summed E-state index contributed by atoms with van der Waals surface area (Å²) >= 11 is 0. The molecule has 3 saturated heterocycles. The van der Waals surface area contributed by atoms with Gasteiger partial charge in [-0.25, -0.2) is 0 Å². The summed E-state index contributed by atoms with van der Waals surface area (Å²) in [6, 6.07) is 0. The largest absolute Gasteiger partial charge is 0.483 e. The molecule has 3 fully saturated rings. The van der Waals surface area contributed by atoms with Gasteiger partial charge in [0.05, 0.1) is 22.4 Å². The van der Waals surface area contributed by atoms with Gasteiger partial charge < -0.3 is 58.9 Å². The van der Waals surface area contributed by atoms with Crippen molar-refractivity contribution >= 4 is 70.4 Å². The first-order chi connectivity index (χ1) is 19.9. The molecule has 22 heteroatoms. The molecule has 4 bridgehead atoms. The van der Waals surface area contributed by atoms with Crippen molar-refractivity contribution in [3.8, 4) is 0 Å². The lowest BCUT2D eigenvalue weighted by Gasteiger charge is -2.55. The molecule has 46 heavy (non-hydrogen) atoms. The second kappa shape index (κ2) is 12.4. The zero-order valence-electron chi connectivity index (χ0n) is 31.7. The third kappa shape index (κ3) is 12.2. The standard InChI is InChI=1S/C24H60O14Si8/c1-21(2,3)25-39(13)29-40(14,26-22(4,5)6)32-44(18)35-43(17,31-39)37-45(19)33-41(15,27-23(7,8)9)30-42(16,28-24(10,11)12)34-46(20,36-45)38-44/h1-20H3. The Hall–Kier alpha value is 1.18. The van der Waals surface area contributed by atoms with E-state index in [9.17, 15) is 0 Å². The Morgan fingerprint density at radius 1 is 0.261 bits per heavy atom. The predicted molar refractivity (Wildman–Crippen MR) is 187 cm³/mol. The third-order valence-corrected chi connectivity index (χ3v) is 39.3. The highest BCUT2D eigenvalue weighted by molar-refractivity contribution is 6.97. The van der Waals surface area contributed by atoms with Crippen molar-refractivity contribution in [2.24, 2.45) is 0 Å². The van der Waals surface area contributed by atoms with Gasteiger partial charge in [0.15, 0.2) is 0 Å². The Labute approximate surface area is 286 Å². The van der Waals surface area contributed by atoms with E-state index in [1.54, 1.807) is 52.4 Å². The quantitative estimate of drug-likeness (QED) is 0.308. The molecule has 0 saturated carbocycles. The molecule has 0 amide bonds. The number of hydrogen-bond donors (Lipinski definition) is 0. The molecular weight excluding hydrogens is 737 g/mol. The van der Waals surface area contributed by atoms with Crippen LogP contribution < -0.4 is 0 Å². The van der Waals surface area contributed by atoms with Crippen molar-refractivity contribution in [1.82, 2.24) is 0 Å². The molecule has 0 aromatic carbocycles. The molecule has 0 aliphatic carbocycles. The molecule has 3 rings (SSSR count). The van der Waals surface area contributed by atoms with Gasteiger partial charge in [0.2, 0.25) is 0 Å². The van der Waals surface area contributed by atoms with E-state index in [4.69, 9.17) is 58.9 Å².